The molecule has 116 valence electrons. The summed E-state index contributed by atoms with van der Waals surface area (Å²) < 4.78 is 26.4. The Morgan fingerprint density at radius 2 is 2.19 bits per heavy atom. The summed E-state index contributed by atoms with van der Waals surface area (Å²) in [6, 6.07) is 3.55. The standard InChI is InChI=1S/C15H21F2N3O/c1-10-3-2-4-12(8-18)20(10)9-15(21)19-14-6-5-11(16)7-13(14)17/h5-7,10,12H,2-4,8-9,18H2,1H3,(H,19,21). The lowest BCUT2D eigenvalue weighted by atomic mass is 9.96. The normalized spacial score (nSPS) is 23.0. The topological polar surface area (TPSA) is 58.4 Å². The predicted molar refractivity (Wildman–Crippen MR) is 77.8 cm³/mol. The third-order valence-corrected chi connectivity index (χ3v) is 4.00. The number of hydrogen-bond acceptors (Lipinski definition) is 3. The Bertz CT molecular complexity index is 510. The number of amides is 1. The van der Waals surface area contributed by atoms with Gasteiger partial charge in [-0.25, -0.2) is 8.78 Å². The van der Waals surface area contributed by atoms with Crippen LogP contribution in [0.25, 0.3) is 0 Å². The second-order valence-corrected chi connectivity index (χ2v) is 5.51. The zero-order valence-electron chi connectivity index (χ0n) is 12.1. The molecule has 6 heteroatoms. The van der Waals surface area contributed by atoms with Crippen LogP contribution in [-0.2, 0) is 4.79 Å². The van der Waals surface area contributed by atoms with Gasteiger partial charge < -0.3 is 11.1 Å². The molecule has 0 aliphatic carbocycles. The van der Waals surface area contributed by atoms with Gasteiger partial charge in [0.05, 0.1) is 12.2 Å². The average molecular weight is 297 g/mol. The van der Waals surface area contributed by atoms with Gasteiger partial charge in [0.1, 0.15) is 11.6 Å². The predicted octanol–water partition coefficient (Wildman–Crippen LogP) is 2.10. The zero-order chi connectivity index (χ0) is 15.4. The quantitative estimate of drug-likeness (QED) is 0.895. The fourth-order valence-corrected chi connectivity index (χ4v) is 2.83. The van der Waals surface area contributed by atoms with Crippen molar-refractivity contribution in [1.82, 2.24) is 4.90 Å². The number of hydrogen-bond donors (Lipinski definition) is 2. The molecule has 0 radical (unpaired) electrons. The van der Waals surface area contributed by atoms with Crippen molar-refractivity contribution < 1.29 is 13.6 Å². The third-order valence-electron chi connectivity index (χ3n) is 4.00. The number of halogens is 2. The van der Waals surface area contributed by atoms with Gasteiger partial charge in [0.2, 0.25) is 5.91 Å². The number of nitrogens with two attached hydrogens (primary N) is 1. The largest absolute Gasteiger partial charge is 0.329 e. The molecule has 2 rings (SSSR count). The Hall–Kier alpha value is -1.53. The van der Waals surface area contributed by atoms with Crippen LogP contribution in [0, 0.1) is 11.6 Å². The summed E-state index contributed by atoms with van der Waals surface area (Å²) in [6.07, 6.45) is 3.10. The number of rotatable bonds is 4. The molecule has 1 aromatic carbocycles. The van der Waals surface area contributed by atoms with E-state index in [-0.39, 0.29) is 30.2 Å². The van der Waals surface area contributed by atoms with E-state index < -0.39 is 11.6 Å². The molecule has 1 aromatic rings. The van der Waals surface area contributed by atoms with Crippen molar-refractivity contribution in [2.45, 2.75) is 38.3 Å². The van der Waals surface area contributed by atoms with E-state index in [0.717, 1.165) is 31.4 Å². The first-order valence-corrected chi connectivity index (χ1v) is 7.22. The van der Waals surface area contributed by atoms with Crippen molar-refractivity contribution in [2.75, 3.05) is 18.4 Å². The van der Waals surface area contributed by atoms with E-state index >= 15 is 0 Å². The number of carbonyl (C=O) groups is 1. The number of nitrogens with zero attached hydrogens (tertiary/aromatic N) is 1. The number of carbonyl (C=O) groups excluding carboxylic acids is 1. The molecule has 1 heterocycles. The van der Waals surface area contributed by atoms with Gasteiger partial charge in [-0.05, 0) is 31.9 Å². The van der Waals surface area contributed by atoms with E-state index in [1.54, 1.807) is 0 Å². The van der Waals surface area contributed by atoms with E-state index in [1.165, 1.54) is 6.07 Å². The molecule has 2 unspecified atom stereocenters. The van der Waals surface area contributed by atoms with Crippen molar-refractivity contribution in [3.63, 3.8) is 0 Å². The van der Waals surface area contributed by atoms with Gasteiger partial charge in [0, 0.05) is 24.7 Å². The molecule has 4 nitrogen and oxygen atoms in total. The molecular weight excluding hydrogens is 276 g/mol. The molecule has 21 heavy (non-hydrogen) atoms. The van der Waals surface area contributed by atoms with Crippen LogP contribution in [-0.4, -0.2) is 36.0 Å². The second kappa shape index (κ2) is 6.95. The van der Waals surface area contributed by atoms with Crippen LogP contribution in [0.5, 0.6) is 0 Å². The lowest BCUT2D eigenvalue weighted by molar-refractivity contribution is -0.119. The van der Waals surface area contributed by atoms with Crippen molar-refractivity contribution in [1.29, 1.82) is 0 Å². The summed E-state index contributed by atoms with van der Waals surface area (Å²) in [5.41, 5.74) is 5.75. The van der Waals surface area contributed by atoms with E-state index in [4.69, 9.17) is 5.73 Å². The molecule has 0 saturated carbocycles. The average Bonchev–Trinajstić information content (AvgIpc) is 2.44. The number of benzene rings is 1. The maximum Gasteiger partial charge on any atom is 0.238 e. The highest BCUT2D eigenvalue weighted by Gasteiger charge is 2.28. The Balaban J connectivity index is 2.00. The summed E-state index contributed by atoms with van der Waals surface area (Å²) in [7, 11) is 0. The number of likely N-dealkylation sites (tertiary alicyclic amines) is 1. The minimum absolute atomic E-state index is 0.00430. The lowest BCUT2D eigenvalue weighted by Gasteiger charge is -2.39. The highest BCUT2D eigenvalue weighted by atomic mass is 19.1. The minimum Gasteiger partial charge on any atom is -0.329 e. The Morgan fingerprint density at radius 1 is 1.43 bits per heavy atom. The zero-order valence-corrected chi connectivity index (χ0v) is 12.1. The first-order valence-electron chi connectivity index (χ1n) is 7.22. The molecule has 1 fully saturated rings. The first-order chi connectivity index (χ1) is 10.0. The first kappa shape index (κ1) is 15.9. The van der Waals surface area contributed by atoms with Crippen molar-refractivity contribution in [3.05, 3.63) is 29.8 Å². The fourth-order valence-electron chi connectivity index (χ4n) is 2.83. The van der Waals surface area contributed by atoms with Crippen LogP contribution < -0.4 is 11.1 Å². The molecular formula is C15H21F2N3O. The molecule has 1 amide bonds. The van der Waals surface area contributed by atoms with Crippen LogP contribution in [0.4, 0.5) is 14.5 Å². The van der Waals surface area contributed by atoms with Gasteiger partial charge in [0.25, 0.3) is 0 Å². The molecule has 0 aromatic heterocycles. The summed E-state index contributed by atoms with van der Waals surface area (Å²) >= 11 is 0. The van der Waals surface area contributed by atoms with Gasteiger partial charge >= 0.3 is 0 Å². The van der Waals surface area contributed by atoms with Crippen LogP contribution in [0.2, 0.25) is 0 Å². The summed E-state index contributed by atoms with van der Waals surface area (Å²) in [6.45, 7) is 2.73. The third kappa shape index (κ3) is 3.98. The highest BCUT2D eigenvalue weighted by Crippen LogP contribution is 2.22. The monoisotopic (exact) mass is 297 g/mol. The smallest absolute Gasteiger partial charge is 0.238 e. The lowest BCUT2D eigenvalue weighted by Crippen LogP contribution is -2.51. The van der Waals surface area contributed by atoms with Crippen molar-refractivity contribution in [3.8, 4) is 0 Å². The molecule has 1 aliphatic heterocycles. The fraction of sp³-hybridized carbons (Fsp3) is 0.533. The molecule has 0 bridgehead atoms. The maximum absolute atomic E-state index is 13.5. The molecule has 1 saturated heterocycles. The molecule has 2 atom stereocenters. The number of anilines is 1. The highest BCUT2D eigenvalue weighted by molar-refractivity contribution is 5.92. The Kier molecular flexibility index (Phi) is 5.25. The SMILES string of the molecule is CC1CCCC(CN)N1CC(=O)Nc1ccc(F)cc1F. The summed E-state index contributed by atoms with van der Waals surface area (Å²) in [4.78, 5) is 14.1. The van der Waals surface area contributed by atoms with Crippen molar-refractivity contribution in [2.24, 2.45) is 5.73 Å². The van der Waals surface area contributed by atoms with Crippen LogP contribution in [0.3, 0.4) is 0 Å². The van der Waals surface area contributed by atoms with Gasteiger partial charge in [-0.3, -0.25) is 9.69 Å². The molecule has 3 N–H and O–H groups in total. The summed E-state index contributed by atoms with van der Waals surface area (Å²) in [5, 5.41) is 2.49. The van der Waals surface area contributed by atoms with Crippen LogP contribution in [0.1, 0.15) is 26.2 Å². The molecule has 0 spiro atoms. The van der Waals surface area contributed by atoms with Gasteiger partial charge in [0.15, 0.2) is 0 Å². The Labute approximate surface area is 123 Å². The number of piperidine rings is 1. The van der Waals surface area contributed by atoms with Gasteiger partial charge in [-0.15, -0.1) is 0 Å². The maximum atomic E-state index is 13.5. The van der Waals surface area contributed by atoms with E-state index in [1.807, 2.05) is 0 Å². The second-order valence-electron chi connectivity index (χ2n) is 5.51. The molecule has 1 aliphatic rings. The van der Waals surface area contributed by atoms with E-state index in [2.05, 4.69) is 17.1 Å². The Morgan fingerprint density at radius 3 is 2.86 bits per heavy atom. The number of nitrogens with one attached hydrogen (secondary N) is 1. The van der Waals surface area contributed by atoms with E-state index in [0.29, 0.717) is 6.54 Å². The van der Waals surface area contributed by atoms with Crippen LogP contribution >= 0.6 is 0 Å². The van der Waals surface area contributed by atoms with Crippen molar-refractivity contribution >= 4 is 11.6 Å². The van der Waals surface area contributed by atoms with Gasteiger partial charge in [-0.2, -0.15) is 0 Å². The minimum atomic E-state index is -0.773. The van der Waals surface area contributed by atoms with E-state index in [9.17, 15) is 13.6 Å². The van der Waals surface area contributed by atoms with Gasteiger partial charge in [-0.1, -0.05) is 6.42 Å². The summed E-state index contributed by atoms with van der Waals surface area (Å²) in [5.74, 6) is -1.75. The van der Waals surface area contributed by atoms with Crippen LogP contribution in [0.15, 0.2) is 18.2 Å².